The Morgan fingerprint density at radius 2 is 1.95 bits per heavy atom. The van der Waals surface area contributed by atoms with E-state index >= 15 is 0 Å². The highest BCUT2D eigenvalue weighted by Crippen LogP contribution is 2.09. The molecule has 19 heavy (non-hydrogen) atoms. The fraction of sp³-hybridized carbons (Fsp3) is 0.533. The predicted molar refractivity (Wildman–Crippen MR) is 75.1 cm³/mol. The van der Waals surface area contributed by atoms with Crippen LogP contribution in [0.5, 0.6) is 0 Å². The highest BCUT2D eigenvalue weighted by atomic mass is 16.3. The summed E-state index contributed by atoms with van der Waals surface area (Å²) in [6.07, 6.45) is 2.82. The molecule has 0 aliphatic carbocycles. The minimum Gasteiger partial charge on any atom is -0.394 e. The van der Waals surface area contributed by atoms with Crippen molar-refractivity contribution in [2.45, 2.75) is 32.2 Å². The van der Waals surface area contributed by atoms with Gasteiger partial charge in [-0.2, -0.15) is 0 Å². The Hall–Kier alpha value is -1.55. The van der Waals surface area contributed by atoms with Gasteiger partial charge in [-0.3, -0.25) is 0 Å². The average molecular weight is 262 g/mol. The van der Waals surface area contributed by atoms with E-state index in [0.717, 1.165) is 31.5 Å². The predicted octanol–water partition coefficient (Wildman–Crippen LogP) is 1.70. The lowest BCUT2D eigenvalue weighted by molar-refractivity contribution is 0.190. The first kappa shape index (κ1) is 13.9. The van der Waals surface area contributed by atoms with Crippen molar-refractivity contribution in [1.82, 2.24) is 10.2 Å². The molecule has 1 aliphatic rings. The van der Waals surface area contributed by atoms with E-state index in [2.05, 4.69) is 5.32 Å². The van der Waals surface area contributed by atoms with Crippen molar-refractivity contribution in [1.29, 1.82) is 0 Å². The van der Waals surface area contributed by atoms with Crippen molar-refractivity contribution in [3.8, 4) is 0 Å². The van der Waals surface area contributed by atoms with E-state index in [-0.39, 0.29) is 18.7 Å². The van der Waals surface area contributed by atoms with Gasteiger partial charge < -0.3 is 15.3 Å². The summed E-state index contributed by atoms with van der Waals surface area (Å²) in [7, 11) is 0. The molecule has 0 bridgehead atoms. The van der Waals surface area contributed by atoms with Crippen LogP contribution in [0.15, 0.2) is 24.3 Å². The number of urea groups is 1. The molecule has 1 aromatic carbocycles. The van der Waals surface area contributed by atoms with Gasteiger partial charge in [0.1, 0.15) is 0 Å². The number of aryl methyl sites for hydroxylation is 1. The van der Waals surface area contributed by atoms with Gasteiger partial charge >= 0.3 is 6.03 Å². The molecule has 0 spiro atoms. The van der Waals surface area contributed by atoms with Crippen molar-refractivity contribution < 1.29 is 9.90 Å². The van der Waals surface area contributed by atoms with Crippen LogP contribution in [0.2, 0.25) is 0 Å². The molecule has 1 aromatic rings. The maximum Gasteiger partial charge on any atom is 0.317 e. The molecular formula is C15H22N2O2. The maximum absolute atomic E-state index is 12.0. The Kier molecular flexibility index (Phi) is 4.80. The standard InChI is InChI=1S/C15H22N2O2/c1-12-4-6-13(7-5-12)10-14(11-18)16-15(19)17-8-2-3-9-17/h4-7,14,18H,2-3,8-11H2,1H3,(H,16,19). The number of likely N-dealkylation sites (tertiary alicyclic amines) is 1. The Balaban J connectivity index is 1.88. The summed E-state index contributed by atoms with van der Waals surface area (Å²) in [4.78, 5) is 13.8. The van der Waals surface area contributed by atoms with Crippen molar-refractivity contribution in [2.75, 3.05) is 19.7 Å². The number of hydrogen-bond donors (Lipinski definition) is 2. The SMILES string of the molecule is Cc1ccc(CC(CO)NC(=O)N2CCCC2)cc1. The number of amides is 2. The van der Waals surface area contributed by atoms with E-state index in [1.807, 2.05) is 36.1 Å². The summed E-state index contributed by atoms with van der Waals surface area (Å²) in [5.41, 5.74) is 2.34. The quantitative estimate of drug-likeness (QED) is 0.868. The molecule has 0 saturated carbocycles. The second kappa shape index (κ2) is 6.57. The van der Waals surface area contributed by atoms with E-state index in [9.17, 15) is 9.90 Å². The van der Waals surface area contributed by atoms with Crippen molar-refractivity contribution in [3.63, 3.8) is 0 Å². The van der Waals surface area contributed by atoms with Gasteiger partial charge in [0.25, 0.3) is 0 Å². The molecule has 1 aliphatic heterocycles. The van der Waals surface area contributed by atoms with Crippen LogP contribution < -0.4 is 5.32 Å². The van der Waals surface area contributed by atoms with Crippen LogP contribution in [0.1, 0.15) is 24.0 Å². The van der Waals surface area contributed by atoms with E-state index < -0.39 is 0 Å². The zero-order valence-corrected chi connectivity index (χ0v) is 11.4. The van der Waals surface area contributed by atoms with E-state index in [4.69, 9.17) is 0 Å². The second-order valence-corrected chi connectivity index (χ2v) is 5.21. The number of aliphatic hydroxyl groups is 1. The molecule has 104 valence electrons. The van der Waals surface area contributed by atoms with Gasteiger partial charge in [0.15, 0.2) is 0 Å². The fourth-order valence-corrected chi connectivity index (χ4v) is 2.36. The molecule has 1 atom stereocenters. The van der Waals surface area contributed by atoms with E-state index in [1.54, 1.807) is 0 Å². The fourth-order valence-electron chi connectivity index (χ4n) is 2.36. The second-order valence-electron chi connectivity index (χ2n) is 5.21. The highest BCUT2D eigenvalue weighted by Gasteiger charge is 2.20. The number of carbonyl (C=O) groups is 1. The zero-order valence-electron chi connectivity index (χ0n) is 11.4. The zero-order chi connectivity index (χ0) is 13.7. The molecule has 0 aromatic heterocycles. The molecule has 1 saturated heterocycles. The summed E-state index contributed by atoms with van der Waals surface area (Å²) in [5, 5.41) is 12.3. The van der Waals surface area contributed by atoms with Gasteiger partial charge in [-0.05, 0) is 31.7 Å². The van der Waals surface area contributed by atoms with Crippen LogP contribution in [0, 0.1) is 6.92 Å². The number of hydrogen-bond acceptors (Lipinski definition) is 2. The van der Waals surface area contributed by atoms with Crippen LogP contribution in [-0.4, -0.2) is 41.8 Å². The van der Waals surface area contributed by atoms with Gasteiger partial charge in [-0.1, -0.05) is 29.8 Å². The molecule has 2 N–H and O–H groups in total. The lowest BCUT2D eigenvalue weighted by Gasteiger charge is -2.21. The molecule has 4 heteroatoms. The van der Waals surface area contributed by atoms with Crippen molar-refractivity contribution >= 4 is 6.03 Å². The van der Waals surface area contributed by atoms with Crippen molar-refractivity contribution in [2.24, 2.45) is 0 Å². The molecular weight excluding hydrogens is 240 g/mol. The molecule has 1 unspecified atom stereocenters. The number of benzene rings is 1. The number of rotatable bonds is 4. The topological polar surface area (TPSA) is 52.6 Å². The van der Waals surface area contributed by atoms with Crippen LogP contribution >= 0.6 is 0 Å². The first-order chi connectivity index (χ1) is 9.19. The molecule has 1 heterocycles. The molecule has 2 rings (SSSR count). The minimum absolute atomic E-state index is 0.0343. The first-order valence-electron chi connectivity index (χ1n) is 6.91. The summed E-state index contributed by atoms with van der Waals surface area (Å²) in [6.45, 7) is 3.67. The molecule has 2 amide bonds. The Morgan fingerprint density at radius 3 is 2.53 bits per heavy atom. The number of carbonyl (C=O) groups excluding carboxylic acids is 1. The maximum atomic E-state index is 12.0. The lowest BCUT2D eigenvalue weighted by Crippen LogP contribution is -2.46. The van der Waals surface area contributed by atoms with Crippen LogP contribution in [0.25, 0.3) is 0 Å². The third-order valence-corrected chi connectivity index (χ3v) is 3.54. The van der Waals surface area contributed by atoms with Gasteiger partial charge in [-0.15, -0.1) is 0 Å². The average Bonchev–Trinajstić information content (AvgIpc) is 2.94. The normalized spacial score (nSPS) is 16.4. The van der Waals surface area contributed by atoms with Crippen LogP contribution in [0.3, 0.4) is 0 Å². The Labute approximate surface area is 114 Å². The number of aliphatic hydroxyl groups excluding tert-OH is 1. The van der Waals surface area contributed by atoms with E-state index in [1.165, 1.54) is 5.56 Å². The van der Waals surface area contributed by atoms with Gasteiger partial charge in [0.2, 0.25) is 0 Å². The van der Waals surface area contributed by atoms with E-state index in [0.29, 0.717) is 6.42 Å². The minimum atomic E-state index is -0.212. The Bertz CT molecular complexity index is 411. The van der Waals surface area contributed by atoms with Crippen LogP contribution in [-0.2, 0) is 6.42 Å². The molecule has 0 radical (unpaired) electrons. The number of nitrogens with one attached hydrogen (secondary N) is 1. The highest BCUT2D eigenvalue weighted by molar-refractivity contribution is 5.74. The summed E-state index contributed by atoms with van der Waals surface area (Å²) in [5.74, 6) is 0. The summed E-state index contributed by atoms with van der Waals surface area (Å²) in [6, 6.07) is 7.91. The van der Waals surface area contributed by atoms with Gasteiger partial charge in [0.05, 0.1) is 12.6 Å². The molecule has 1 fully saturated rings. The van der Waals surface area contributed by atoms with Crippen LogP contribution in [0.4, 0.5) is 4.79 Å². The summed E-state index contributed by atoms with van der Waals surface area (Å²) >= 11 is 0. The smallest absolute Gasteiger partial charge is 0.317 e. The summed E-state index contributed by atoms with van der Waals surface area (Å²) < 4.78 is 0. The van der Waals surface area contributed by atoms with Gasteiger partial charge in [0, 0.05) is 13.1 Å². The third-order valence-electron chi connectivity index (χ3n) is 3.54. The largest absolute Gasteiger partial charge is 0.394 e. The first-order valence-corrected chi connectivity index (χ1v) is 6.91. The van der Waals surface area contributed by atoms with Gasteiger partial charge in [-0.25, -0.2) is 4.79 Å². The monoisotopic (exact) mass is 262 g/mol. The molecule has 4 nitrogen and oxygen atoms in total. The Morgan fingerprint density at radius 1 is 1.32 bits per heavy atom. The lowest BCUT2D eigenvalue weighted by atomic mass is 10.1. The third kappa shape index (κ3) is 3.96. The number of nitrogens with zero attached hydrogens (tertiary/aromatic N) is 1. The van der Waals surface area contributed by atoms with Crippen molar-refractivity contribution in [3.05, 3.63) is 35.4 Å².